The number of benzene rings is 1. The minimum absolute atomic E-state index is 0.0318. The summed E-state index contributed by atoms with van der Waals surface area (Å²) in [5.74, 6) is 0.412. The van der Waals surface area contributed by atoms with Crippen LogP contribution in [0.5, 0.6) is 0 Å². The molecule has 2 heterocycles. The van der Waals surface area contributed by atoms with Gasteiger partial charge in [-0.3, -0.25) is 0 Å². The predicted molar refractivity (Wildman–Crippen MR) is 90.3 cm³/mol. The van der Waals surface area contributed by atoms with Crippen LogP contribution in [0, 0.1) is 17.1 Å². The van der Waals surface area contributed by atoms with Crippen LogP contribution >= 0.6 is 0 Å². The molecule has 24 heavy (non-hydrogen) atoms. The summed E-state index contributed by atoms with van der Waals surface area (Å²) in [5, 5.41) is 12.1. The summed E-state index contributed by atoms with van der Waals surface area (Å²) in [6.07, 6.45) is 2.01. The second-order valence-corrected chi connectivity index (χ2v) is 5.78. The third-order valence-corrected chi connectivity index (χ3v) is 3.98. The fraction of sp³-hybridized carbons (Fsp3) is 0.333. The van der Waals surface area contributed by atoms with Gasteiger partial charge < -0.3 is 15.0 Å². The molecule has 0 amide bonds. The number of halogens is 1. The zero-order chi connectivity index (χ0) is 16.9. The van der Waals surface area contributed by atoms with Crippen LogP contribution in [0.3, 0.4) is 0 Å². The van der Waals surface area contributed by atoms with E-state index in [1.54, 1.807) is 18.3 Å². The predicted octanol–water partition coefficient (Wildman–Crippen LogP) is 2.93. The Morgan fingerprint density at radius 2 is 2.29 bits per heavy atom. The van der Waals surface area contributed by atoms with Gasteiger partial charge in [0.05, 0.1) is 18.4 Å². The van der Waals surface area contributed by atoms with Gasteiger partial charge in [0.1, 0.15) is 23.3 Å². The van der Waals surface area contributed by atoms with Gasteiger partial charge in [0.2, 0.25) is 0 Å². The van der Waals surface area contributed by atoms with Crippen molar-refractivity contribution in [1.82, 2.24) is 4.98 Å². The van der Waals surface area contributed by atoms with Crippen LogP contribution < -0.4 is 10.2 Å². The Morgan fingerprint density at radius 3 is 3.00 bits per heavy atom. The Labute approximate surface area is 140 Å². The number of nitrogens with zero attached hydrogens (tertiary/aromatic N) is 3. The molecule has 124 valence electrons. The summed E-state index contributed by atoms with van der Waals surface area (Å²) in [6, 6.07) is 10.4. The average molecular weight is 326 g/mol. The summed E-state index contributed by atoms with van der Waals surface area (Å²) in [6.45, 7) is 4.91. The van der Waals surface area contributed by atoms with Gasteiger partial charge in [-0.05, 0) is 30.7 Å². The molecule has 1 unspecified atom stereocenters. The van der Waals surface area contributed by atoms with Crippen molar-refractivity contribution in [2.24, 2.45) is 0 Å². The minimum atomic E-state index is -0.516. The first-order valence-electron chi connectivity index (χ1n) is 7.91. The van der Waals surface area contributed by atoms with E-state index in [0.29, 0.717) is 18.8 Å². The van der Waals surface area contributed by atoms with Crippen molar-refractivity contribution >= 4 is 11.5 Å². The zero-order valence-corrected chi connectivity index (χ0v) is 13.5. The number of ether oxygens (including phenoxy) is 1. The van der Waals surface area contributed by atoms with Crippen molar-refractivity contribution in [3.05, 3.63) is 53.5 Å². The molecule has 0 saturated carbocycles. The smallest absolute Gasteiger partial charge is 0.143 e. The van der Waals surface area contributed by atoms with Gasteiger partial charge in [0, 0.05) is 25.8 Å². The Morgan fingerprint density at radius 1 is 1.42 bits per heavy atom. The highest BCUT2D eigenvalue weighted by Crippen LogP contribution is 2.19. The molecule has 1 aromatic heterocycles. The molecule has 1 fully saturated rings. The lowest BCUT2D eigenvalue weighted by atomic mass is 10.1. The minimum Gasteiger partial charge on any atom is -0.380 e. The van der Waals surface area contributed by atoms with E-state index in [1.165, 1.54) is 6.07 Å². The first-order chi connectivity index (χ1) is 11.7. The van der Waals surface area contributed by atoms with Crippen molar-refractivity contribution < 1.29 is 9.13 Å². The van der Waals surface area contributed by atoms with Crippen LogP contribution in [0.2, 0.25) is 0 Å². The molecule has 1 atom stereocenters. The number of aromatic nitrogens is 1. The molecule has 0 spiro atoms. The molecule has 6 heteroatoms. The first-order valence-corrected chi connectivity index (χ1v) is 7.91. The lowest BCUT2D eigenvalue weighted by Crippen LogP contribution is -2.41. The maximum absolute atomic E-state index is 13.6. The number of morpholine rings is 1. The van der Waals surface area contributed by atoms with Gasteiger partial charge >= 0.3 is 0 Å². The zero-order valence-electron chi connectivity index (χ0n) is 13.5. The van der Waals surface area contributed by atoms with E-state index in [1.807, 2.05) is 18.2 Å². The summed E-state index contributed by atoms with van der Waals surface area (Å²) >= 11 is 0. The molecule has 1 aliphatic rings. The van der Waals surface area contributed by atoms with Gasteiger partial charge in [-0.25, -0.2) is 9.37 Å². The molecule has 0 radical (unpaired) electrons. The van der Waals surface area contributed by atoms with Crippen LogP contribution in [0.1, 0.15) is 18.1 Å². The molecule has 2 aromatic rings. The monoisotopic (exact) mass is 326 g/mol. The quantitative estimate of drug-likeness (QED) is 0.936. The lowest BCUT2D eigenvalue weighted by Gasteiger charge is -2.32. The maximum atomic E-state index is 13.6. The van der Waals surface area contributed by atoms with Crippen molar-refractivity contribution in [2.75, 3.05) is 29.9 Å². The van der Waals surface area contributed by atoms with Crippen LogP contribution in [0.4, 0.5) is 15.9 Å². The summed E-state index contributed by atoms with van der Waals surface area (Å²) in [7, 11) is 0. The summed E-state index contributed by atoms with van der Waals surface area (Å²) in [5.41, 5.74) is 1.49. The first kappa shape index (κ1) is 16.2. The SMILES string of the molecule is CC1CN(c2ccc(CNc3cccc(F)c3C#N)cn2)CCO1. The average Bonchev–Trinajstić information content (AvgIpc) is 2.60. The third-order valence-electron chi connectivity index (χ3n) is 3.98. The lowest BCUT2D eigenvalue weighted by molar-refractivity contribution is 0.0529. The molecule has 1 N–H and O–H groups in total. The normalized spacial score (nSPS) is 17.4. The molecule has 5 nitrogen and oxygen atoms in total. The molecule has 1 aliphatic heterocycles. The second kappa shape index (κ2) is 7.28. The Balaban J connectivity index is 1.65. The van der Waals surface area contributed by atoms with Crippen molar-refractivity contribution in [3.8, 4) is 6.07 Å². The number of rotatable bonds is 4. The Kier molecular flexibility index (Phi) is 4.92. The standard InChI is InChI=1S/C18H19FN4O/c1-13-12-23(7-8-24-13)18-6-5-14(11-22-18)10-21-17-4-2-3-16(19)15(17)9-20/h2-6,11,13,21H,7-8,10,12H2,1H3. The number of hydrogen-bond acceptors (Lipinski definition) is 5. The molecule has 1 saturated heterocycles. The number of nitrogens with one attached hydrogen (secondary N) is 1. The van der Waals surface area contributed by atoms with Gasteiger partial charge in [-0.15, -0.1) is 0 Å². The van der Waals surface area contributed by atoms with Crippen molar-refractivity contribution in [3.63, 3.8) is 0 Å². The number of anilines is 2. The van der Waals surface area contributed by atoms with E-state index in [0.717, 1.165) is 24.5 Å². The highest BCUT2D eigenvalue weighted by atomic mass is 19.1. The van der Waals surface area contributed by atoms with Crippen LogP contribution in [-0.2, 0) is 11.3 Å². The van der Waals surface area contributed by atoms with Crippen molar-refractivity contribution in [1.29, 1.82) is 5.26 Å². The fourth-order valence-electron chi connectivity index (χ4n) is 2.72. The van der Waals surface area contributed by atoms with Crippen LogP contribution in [-0.4, -0.2) is 30.8 Å². The van der Waals surface area contributed by atoms with E-state index < -0.39 is 5.82 Å². The van der Waals surface area contributed by atoms with Crippen LogP contribution in [0.15, 0.2) is 36.5 Å². The Bertz CT molecular complexity index is 742. The number of hydrogen-bond donors (Lipinski definition) is 1. The van der Waals surface area contributed by atoms with Gasteiger partial charge in [0.15, 0.2) is 0 Å². The molecule has 0 bridgehead atoms. The largest absolute Gasteiger partial charge is 0.380 e. The number of nitriles is 1. The van der Waals surface area contributed by atoms with Gasteiger partial charge in [-0.1, -0.05) is 12.1 Å². The van der Waals surface area contributed by atoms with E-state index in [4.69, 9.17) is 10.00 Å². The van der Waals surface area contributed by atoms with E-state index >= 15 is 0 Å². The highest BCUT2D eigenvalue weighted by Gasteiger charge is 2.17. The number of pyridine rings is 1. The molecule has 1 aromatic carbocycles. The maximum Gasteiger partial charge on any atom is 0.143 e. The second-order valence-electron chi connectivity index (χ2n) is 5.78. The third kappa shape index (κ3) is 3.63. The molecular weight excluding hydrogens is 307 g/mol. The van der Waals surface area contributed by atoms with Gasteiger partial charge in [0.25, 0.3) is 0 Å². The Hall–Kier alpha value is -2.65. The van der Waals surface area contributed by atoms with E-state index in [2.05, 4.69) is 22.1 Å². The highest BCUT2D eigenvalue weighted by molar-refractivity contribution is 5.58. The molecule has 3 rings (SSSR count). The summed E-state index contributed by atoms with van der Waals surface area (Å²) in [4.78, 5) is 6.70. The van der Waals surface area contributed by atoms with Crippen molar-refractivity contribution in [2.45, 2.75) is 19.6 Å². The molecule has 0 aliphatic carbocycles. The van der Waals surface area contributed by atoms with E-state index in [9.17, 15) is 4.39 Å². The van der Waals surface area contributed by atoms with Crippen LogP contribution in [0.25, 0.3) is 0 Å². The van der Waals surface area contributed by atoms with E-state index in [-0.39, 0.29) is 11.7 Å². The van der Waals surface area contributed by atoms with Gasteiger partial charge in [-0.2, -0.15) is 5.26 Å². The fourth-order valence-corrected chi connectivity index (χ4v) is 2.72. The summed E-state index contributed by atoms with van der Waals surface area (Å²) < 4.78 is 19.1. The topological polar surface area (TPSA) is 61.2 Å². The molecular formula is C18H19FN4O.